The summed E-state index contributed by atoms with van der Waals surface area (Å²) in [4.78, 5) is 0.123. The highest BCUT2D eigenvalue weighted by molar-refractivity contribution is 9.10. The predicted octanol–water partition coefficient (Wildman–Crippen LogP) is 2.36. The minimum Gasteiger partial charge on any atom is -0.452 e. The summed E-state index contributed by atoms with van der Waals surface area (Å²) in [6, 6.07) is 1.41. The minimum absolute atomic E-state index is 0.0596. The number of hydrogen-bond acceptors (Lipinski definition) is 4. The van der Waals surface area contributed by atoms with E-state index in [9.17, 15) is 8.42 Å². The quantitative estimate of drug-likeness (QED) is 0.853. The van der Waals surface area contributed by atoms with Gasteiger partial charge in [0, 0.05) is 12.1 Å². The molecule has 1 aromatic rings. The molecule has 0 spiro atoms. The molecule has 0 aromatic carbocycles. The molecule has 0 bridgehead atoms. The van der Waals surface area contributed by atoms with Gasteiger partial charge in [0.1, 0.15) is 10.7 Å². The Morgan fingerprint density at radius 1 is 1.53 bits per heavy atom. The number of nitrogens with two attached hydrogens (primary N) is 1. The van der Waals surface area contributed by atoms with Crippen LogP contribution in [0.4, 0.5) is 0 Å². The number of halogens is 1. The molecule has 1 fully saturated rings. The van der Waals surface area contributed by atoms with Crippen LogP contribution in [0.1, 0.15) is 38.4 Å². The summed E-state index contributed by atoms with van der Waals surface area (Å²) in [7, 11) is -3.56. The molecule has 0 amide bonds. The first-order valence-corrected chi connectivity index (χ1v) is 8.72. The maximum absolute atomic E-state index is 12.3. The van der Waals surface area contributed by atoms with E-state index in [1.54, 1.807) is 0 Å². The van der Waals surface area contributed by atoms with Gasteiger partial charge < -0.3 is 10.2 Å². The van der Waals surface area contributed by atoms with E-state index in [-0.39, 0.29) is 22.2 Å². The number of nitrogens with one attached hydrogen (secondary N) is 1. The Morgan fingerprint density at radius 3 is 2.68 bits per heavy atom. The first-order valence-electron chi connectivity index (χ1n) is 6.44. The van der Waals surface area contributed by atoms with Gasteiger partial charge >= 0.3 is 0 Å². The lowest BCUT2D eigenvalue weighted by atomic mass is 10.0. The smallest absolute Gasteiger partial charge is 0.245 e. The molecule has 3 N–H and O–H groups in total. The van der Waals surface area contributed by atoms with Crippen LogP contribution in [0.2, 0.25) is 0 Å². The normalized spacial score (nSPS) is 18.9. The lowest BCUT2D eigenvalue weighted by molar-refractivity contribution is 0.423. The molecule has 108 valence electrons. The second-order valence-corrected chi connectivity index (χ2v) is 7.41. The average molecular weight is 351 g/mol. The molecule has 2 rings (SSSR count). The Labute approximate surface area is 122 Å². The van der Waals surface area contributed by atoms with E-state index in [1.807, 2.05) is 6.92 Å². The Kier molecular flexibility index (Phi) is 4.70. The van der Waals surface area contributed by atoms with E-state index in [0.29, 0.717) is 11.7 Å². The van der Waals surface area contributed by atoms with E-state index in [1.165, 1.54) is 18.9 Å². The van der Waals surface area contributed by atoms with Gasteiger partial charge in [0.2, 0.25) is 10.0 Å². The molecule has 5 nitrogen and oxygen atoms in total. The first kappa shape index (κ1) is 15.0. The Hall–Kier alpha value is -0.370. The molecule has 1 heterocycles. The van der Waals surface area contributed by atoms with Crippen molar-refractivity contribution in [3.8, 4) is 0 Å². The lowest BCUT2D eigenvalue weighted by Crippen LogP contribution is -2.37. The molecule has 1 aliphatic carbocycles. The van der Waals surface area contributed by atoms with Gasteiger partial charge in [-0.2, -0.15) is 0 Å². The van der Waals surface area contributed by atoms with Crippen molar-refractivity contribution < 1.29 is 12.8 Å². The summed E-state index contributed by atoms with van der Waals surface area (Å²) < 4.78 is 32.8. The maximum Gasteiger partial charge on any atom is 0.245 e. The zero-order valence-electron chi connectivity index (χ0n) is 10.9. The van der Waals surface area contributed by atoms with Crippen LogP contribution in [-0.4, -0.2) is 14.5 Å². The fourth-order valence-corrected chi connectivity index (χ4v) is 4.85. The molecular weight excluding hydrogens is 332 g/mol. The molecule has 0 aliphatic heterocycles. The standard InChI is InChI=1S/C12H19BrN2O3S/c1-8(9-4-2-3-5-9)15-19(16,17)11-6-10(7-14)18-12(11)13/h6,8-9,15H,2-5,7,14H2,1H3. The van der Waals surface area contributed by atoms with Crippen LogP contribution in [0.3, 0.4) is 0 Å². The van der Waals surface area contributed by atoms with Crippen LogP contribution in [-0.2, 0) is 16.6 Å². The molecule has 1 aliphatic rings. The molecule has 1 unspecified atom stereocenters. The minimum atomic E-state index is -3.56. The Bertz CT molecular complexity index is 535. The summed E-state index contributed by atoms with van der Waals surface area (Å²) in [6.45, 7) is 2.09. The van der Waals surface area contributed by atoms with Crippen LogP contribution in [0.15, 0.2) is 20.0 Å². The van der Waals surface area contributed by atoms with Gasteiger partial charge in [-0.05, 0) is 41.6 Å². The zero-order valence-corrected chi connectivity index (χ0v) is 13.3. The molecule has 1 saturated carbocycles. The summed E-state index contributed by atoms with van der Waals surface area (Å²) in [5.41, 5.74) is 5.45. The highest BCUT2D eigenvalue weighted by atomic mass is 79.9. The van der Waals surface area contributed by atoms with E-state index in [4.69, 9.17) is 10.2 Å². The number of rotatable bonds is 5. The fourth-order valence-electron chi connectivity index (χ4n) is 2.54. The molecule has 1 aromatic heterocycles. The highest BCUT2D eigenvalue weighted by Crippen LogP contribution is 2.30. The van der Waals surface area contributed by atoms with Crippen molar-refractivity contribution in [2.75, 3.05) is 0 Å². The molecule has 19 heavy (non-hydrogen) atoms. The van der Waals surface area contributed by atoms with E-state index >= 15 is 0 Å². The van der Waals surface area contributed by atoms with Crippen molar-refractivity contribution in [2.24, 2.45) is 11.7 Å². The predicted molar refractivity (Wildman–Crippen MR) is 76.0 cm³/mol. The zero-order chi connectivity index (χ0) is 14.0. The molecule has 0 saturated heterocycles. The van der Waals surface area contributed by atoms with E-state index in [0.717, 1.165) is 12.8 Å². The second-order valence-electron chi connectivity index (χ2n) is 5.01. The van der Waals surface area contributed by atoms with Gasteiger partial charge in [0.05, 0.1) is 6.54 Å². The monoisotopic (exact) mass is 350 g/mol. The Balaban J connectivity index is 2.14. The first-order chi connectivity index (χ1) is 8.94. The Morgan fingerprint density at radius 2 is 2.16 bits per heavy atom. The van der Waals surface area contributed by atoms with Crippen molar-refractivity contribution in [2.45, 2.75) is 50.1 Å². The van der Waals surface area contributed by atoms with Crippen LogP contribution < -0.4 is 10.5 Å². The fraction of sp³-hybridized carbons (Fsp3) is 0.667. The lowest BCUT2D eigenvalue weighted by Gasteiger charge is -2.19. The van der Waals surface area contributed by atoms with Gasteiger partial charge in [0.15, 0.2) is 4.67 Å². The molecule has 1 atom stereocenters. The molecule has 7 heteroatoms. The van der Waals surface area contributed by atoms with Crippen molar-refractivity contribution >= 4 is 26.0 Å². The van der Waals surface area contributed by atoms with Crippen LogP contribution >= 0.6 is 15.9 Å². The van der Waals surface area contributed by atoms with Crippen LogP contribution in [0.25, 0.3) is 0 Å². The average Bonchev–Trinajstić information content (AvgIpc) is 2.96. The number of furan rings is 1. The van der Waals surface area contributed by atoms with Crippen molar-refractivity contribution in [3.05, 3.63) is 16.5 Å². The third kappa shape index (κ3) is 3.39. The third-order valence-corrected chi connectivity index (χ3v) is 6.06. The number of hydrogen-bond donors (Lipinski definition) is 2. The largest absolute Gasteiger partial charge is 0.452 e. The third-order valence-electron chi connectivity index (χ3n) is 3.65. The number of sulfonamides is 1. The second kappa shape index (κ2) is 5.95. The van der Waals surface area contributed by atoms with Crippen LogP contribution in [0, 0.1) is 5.92 Å². The summed E-state index contributed by atoms with van der Waals surface area (Å²) in [6.07, 6.45) is 4.54. The summed E-state index contributed by atoms with van der Waals surface area (Å²) in [5.74, 6) is 0.871. The van der Waals surface area contributed by atoms with E-state index < -0.39 is 10.0 Å². The van der Waals surface area contributed by atoms with Gasteiger partial charge in [-0.25, -0.2) is 13.1 Å². The SMILES string of the molecule is CC(NS(=O)(=O)c1cc(CN)oc1Br)C1CCCC1. The highest BCUT2D eigenvalue weighted by Gasteiger charge is 2.28. The maximum atomic E-state index is 12.3. The molecule has 0 radical (unpaired) electrons. The topological polar surface area (TPSA) is 85.3 Å². The van der Waals surface area contributed by atoms with E-state index in [2.05, 4.69) is 20.7 Å². The van der Waals surface area contributed by atoms with Crippen molar-refractivity contribution in [1.82, 2.24) is 4.72 Å². The van der Waals surface area contributed by atoms with Gasteiger partial charge in [-0.15, -0.1) is 0 Å². The van der Waals surface area contributed by atoms with Crippen molar-refractivity contribution in [3.63, 3.8) is 0 Å². The summed E-state index contributed by atoms with van der Waals surface area (Å²) in [5, 5.41) is 0. The molecular formula is C12H19BrN2O3S. The van der Waals surface area contributed by atoms with Gasteiger partial charge in [-0.1, -0.05) is 12.8 Å². The van der Waals surface area contributed by atoms with Crippen LogP contribution in [0.5, 0.6) is 0 Å². The summed E-state index contributed by atoms with van der Waals surface area (Å²) >= 11 is 3.13. The van der Waals surface area contributed by atoms with Crippen molar-refractivity contribution in [1.29, 1.82) is 0 Å². The van der Waals surface area contributed by atoms with Gasteiger partial charge in [0.25, 0.3) is 0 Å². The van der Waals surface area contributed by atoms with Gasteiger partial charge in [-0.3, -0.25) is 0 Å².